The molecule has 1 aromatic heterocycles. The number of esters is 1. The van der Waals surface area contributed by atoms with E-state index in [1.165, 1.54) is 39.2 Å². The third-order valence-electron chi connectivity index (χ3n) is 6.82. The van der Waals surface area contributed by atoms with Crippen LogP contribution in [-0.2, 0) is 22.5 Å². The zero-order valence-corrected chi connectivity index (χ0v) is 22.5. The van der Waals surface area contributed by atoms with Crippen molar-refractivity contribution in [3.8, 4) is 11.1 Å². The van der Waals surface area contributed by atoms with Crippen LogP contribution in [0.2, 0.25) is 0 Å². The molecule has 0 amide bonds. The van der Waals surface area contributed by atoms with E-state index in [1.54, 1.807) is 0 Å². The Morgan fingerprint density at radius 1 is 1.18 bits per heavy atom. The third kappa shape index (κ3) is 6.01. The maximum atomic E-state index is 15.6. The van der Waals surface area contributed by atoms with Crippen LogP contribution in [-0.4, -0.2) is 46.0 Å². The minimum absolute atomic E-state index is 0.00663. The molecule has 0 bridgehead atoms. The Hall–Kier alpha value is -3.39. The molecule has 2 aromatic carbocycles. The molecule has 202 valence electrons. The van der Waals surface area contributed by atoms with Crippen molar-refractivity contribution in [1.82, 2.24) is 14.7 Å². The summed E-state index contributed by atoms with van der Waals surface area (Å²) in [6, 6.07) is 7.25. The first-order valence-corrected chi connectivity index (χ1v) is 12.9. The summed E-state index contributed by atoms with van der Waals surface area (Å²) < 4.78 is 52.7. The molecule has 0 saturated carbocycles. The number of methoxy groups -OCH3 is 1. The van der Waals surface area contributed by atoms with Crippen LogP contribution < -0.4 is 0 Å². The van der Waals surface area contributed by atoms with Crippen molar-refractivity contribution in [2.75, 3.05) is 13.7 Å². The molecule has 0 N–H and O–H groups in total. The summed E-state index contributed by atoms with van der Waals surface area (Å²) in [5.74, 6) is -2.14. The molecule has 3 aromatic rings. The maximum absolute atomic E-state index is 15.6. The van der Waals surface area contributed by atoms with Gasteiger partial charge in [-0.25, -0.2) is 18.0 Å². The van der Waals surface area contributed by atoms with Gasteiger partial charge >= 0.3 is 5.97 Å². The first-order valence-electron chi connectivity index (χ1n) is 12.9. The molecule has 0 fully saturated rings. The molecule has 2 atom stereocenters. The van der Waals surface area contributed by atoms with Crippen LogP contribution in [0.1, 0.15) is 62.4 Å². The van der Waals surface area contributed by atoms with Gasteiger partial charge in [-0.15, -0.1) is 0 Å². The van der Waals surface area contributed by atoms with Crippen LogP contribution in [0.4, 0.5) is 13.2 Å². The summed E-state index contributed by atoms with van der Waals surface area (Å²) in [4.78, 5) is 13.3. The monoisotopic (exact) mass is 525 g/mol. The number of aryl methyl sites for hydroxylation is 1. The molecule has 8 heteroatoms. The van der Waals surface area contributed by atoms with Crippen molar-refractivity contribution >= 4 is 12.0 Å². The number of hydrogen-bond acceptors (Lipinski definition) is 4. The van der Waals surface area contributed by atoms with Gasteiger partial charge in [0, 0.05) is 42.5 Å². The number of benzene rings is 2. The predicted molar refractivity (Wildman–Crippen MR) is 142 cm³/mol. The van der Waals surface area contributed by atoms with E-state index >= 15 is 8.78 Å². The normalized spacial score (nSPS) is 18.1. The van der Waals surface area contributed by atoms with Gasteiger partial charge in [0.05, 0.1) is 19.3 Å². The van der Waals surface area contributed by atoms with Crippen molar-refractivity contribution in [2.24, 2.45) is 0 Å². The second-order valence-corrected chi connectivity index (χ2v) is 10.5. The number of fused-ring (bicyclic) bond motifs is 1. The molecule has 0 aliphatic carbocycles. The maximum Gasteiger partial charge on any atom is 0.330 e. The molecule has 2 heterocycles. The smallest absolute Gasteiger partial charge is 0.330 e. The molecule has 1 aliphatic heterocycles. The van der Waals surface area contributed by atoms with Gasteiger partial charge in [-0.05, 0) is 74.1 Å². The number of carbonyl (C=O) groups is 1. The van der Waals surface area contributed by atoms with Crippen LogP contribution >= 0.6 is 0 Å². The summed E-state index contributed by atoms with van der Waals surface area (Å²) >= 11 is 0. The zero-order valence-electron chi connectivity index (χ0n) is 22.5. The van der Waals surface area contributed by atoms with Crippen LogP contribution in [0.3, 0.4) is 0 Å². The number of carbonyl (C=O) groups excluding carboxylic acids is 1. The topological polar surface area (TPSA) is 47.4 Å². The Morgan fingerprint density at radius 2 is 1.89 bits per heavy atom. The standard InChI is InChI=1S/C30H34F3N3O2/c1-6-11-35-17-23(16-34-35)21-8-9-24-22(15-21)12-19(2)36(18-30(3,4)33)29(24)28-25(31)13-20(14-26(28)32)7-10-27(37)38-5/h7-10,13-17,19,29H,6,11-12,18H2,1-5H3/b10-7+. The summed E-state index contributed by atoms with van der Waals surface area (Å²) in [7, 11) is 1.22. The second-order valence-electron chi connectivity index (χ2n) is 10.5. The summed E-state index contributed by atoms with van der Waals surface area (Å²) in [6.07, 6.45) is 7.80. The molecule has 4 rings (SSSR count). The van der Waals surface area contributed by atoms with Gasteiger partial charge in [0.2, 0.25) is 0 Å². The van der Waals surface area contributed by atoms with Gasteiger partial charge in [-0.3, -0.25) is 9.58 Å². The van der Waals surface area contributed by atoms with Crippen molar-refractivity contribution in [3.05, 3.63) is 82.7 Å². The van der Waals surface area contributed by atoms with E-state index in [2.05, 4.69) is 16.8 Å². The lowest BCUT2D eigenvalue weighted by atomic mass is 9.82. The number of hydrogen-bond donors (Lipinski definition) is 0. The highest BCUT2D eigenvalue weighted by atomic mass is 19.1. The van der Waals surface area contributed by atoms with Gasteiger partial charge < -0.3 is 4.74 Å². The third-order valence-corrected chi connectivity index (χ3v) is 6.82. The van der Waals surface area contributed by atoms with Crippen LogP contribution in [0.5, 0.6) is 0 Å². The van der Waals surface area contributed by atoms with Gasteiger partial charge in [0.25, 0.3) is 0 Å². The van der Waals surface area contributed by atoms with Crippen LogP contribution in [0.15, 0.2) is 48.8 Å². The first-order chi connectivity index (χ1) is 18.0. The predicted octanol–water partition coefficient (Wildman–Crippen LogP) is 6.51. The lowest BCUT2D eigenvalue weighted by Gasteiger charge is -2.44. The highest BCUT2D eigenvalue weighted by molar-refractivity contribution is 5.86. The minimum atomic E-state index is -1.58. The lowest BCUT2D eigenvalue weighted by Crippen LogP contribution is -2.48. The summed E-state index contributed by atoms with van der Waals surface area (Å²) in [6.45, 7) is 7.81. The fraction of sp³-hybridized carbons (Fsp3) is 0.400. The van der Waals surface area contributed by atoms with E-state index < -0.39 is 29.3 Å². The first kappa shape index (κ1) is 27.6. The van der Waals surface area contributed by atoms with Crippen molar-refractivity contribution < 1.29 is 22.7 Å². The number of rotatable bonds is 8. The fourth-order valence-corrected chi connectivity index (χ4v) is 5.16. The Balaban J connectivity index is 1.81. The van der Waals surface area contributed by atoms with E-state index in [0.717, 1.165) is 41.3 Å². The molecule has 38 heavy (non-hydrogen) atoms. The quantitative estimate of drug-likeness (QED) is 0.249. The molecule has 2 unspecified atom stereocenters. The molecule has 0 radical (unpaired) electrons. The largest absolute Gasteiger partial charge is 0.466 e. The highest BCUT2D eigenvalue weighted by Gasteiger charge is 2.39. The van der Waals surface area contributed by atoms with E-state index in [0.29, 0.717) is 6.42 Å². The van der Waals surface area contributed by atoms with Gasteiger partial charge in [0.15, 0.2) is 0 Å². The second kappa shape index (κ2) is 11.2. The molecular formula is C30H34F3N3O2. The number of ether oxygens (including phenoxy) is 1. The number of alkyl halides is 1. The van der Waals surface area contributed by atoms with Crippen molar-refractivity contribution in [2.45, 2.75) is 64.8 Å². The van der Waals surface area contributed by atoms with Gasteiger partial charge in [-0.1, -0.05) is 25.1 Å². The Kier molecular flexibility index (Phi) is 8.11. The number of aromatic nitrogens is 2. The SMILES string of the molecule is CCCn1cc(-c2ccc3c(c2)CC(C)N(CC(C)(C)F)C3c2c(F)cc(/C=C/C(=O)OC)cc2F)cn1. The highest BCUT2D eigenvalue weighted by Crippen LogP contribution is 2.42. The number of nitrogens with zero attached hydrogens (tertiary/aromatic N) is 3. The fourth-order valence-electron chi connectivity index (χ4n) is 5.16. The summed E-state index contributed by atoms with van der Waals surface area (Å²) in [5, 5.41) is 4.42. The van der Waals surface area contributed by atoms with E-state index in [9.17, 15) is 9.18 Å². The average Bonchev–Trinajstić information content (AvgIpc) is 3.31. The van der Waals surface area contributed by atoms with E-state index in [4.69, 9.17) is 0 Å². The van der Waals surface area contributed by atoms with Gasteiger partial charge in [-0.2, -0.15) is 5.10 Å². The van der Waals surface area contributed by atoms with E-state index in [1.807, 2.05) is 47.1 Å². The minimum Gasteiger partial charge on any atom is -0.466 e. The van der Waals surface area contributed by atoms with E-state index in [-0.39, 0.29) is 23.7 Å². The Bertz CT molecular complexity index is 1320. The molecule has 5 nitrogen and oxygen atoms in total. The lowest BCUT2D eigenvalue weighted by molar-refractivity contribution is -0.134. The molecule has 1 aliphatic rings. The zero-order chi connectivity index (χ0) is 27.6. The molecule has 0 spiro atoms. The van der Waals surface area contributed by atoms with Gasteiger partial charge in [0.1, 0.15) is 17.3 Å². The molecule has 0 saturated heterocycles. The average molecular weight is 526 g/mol. The van der Waals surface area contributed by atoms with Crippen LogP contribution in [0, 0.1) is 11.6 Å². The Morgan fingerprint density at radius 3 is 2.53 bits per heavy atom. The molecular weight excluding hydrogens is 491 g/mol. The Labute approximate surface area is 221 Å². The van der Waals surface area contributed by atoms with Crippen LogP contribution in [0.25, 0.3) is 17.2 Å². The summed E-state index contributed by atoms with van der Waals surface area (Å²) in [5.41, 5.74) is 2.12. The van der Waals surface area contributed by atoms with Crippen molar-refractivity contribution in [1.29, 1.82) is 0 Å². The number of halogens is 3. The van der Waals surface area contributed by atoms with Crippen molar-refractivity contribution in [3.63, 3.8) is 0 Å².